The molecule has 0 radical (unpaired) electrons. The van der Waals surface area contributed by atoms with Gasteiger partial charge < -0.3 is 24.6 Å². The minimum absolute atomic E-state index is 0.121. The number of aliphatic hydroxyl groups excluding tert-OH is 1. The van der Waals surface area contributed by atoms with Crippen LogP contribution in [0.2, 0.25) is 0 Å². The Balaban J connectivity index is 1.17. The summed E-state index contributed by atoms with van der Waals surface area (Å²) in [5, 5.41) is 18.1. The second-order valence-electron chi connectivity index (χ2n) is 11.5. The molecule has 3 aliphatic rings. The van der Waals surface area contributed by atoms with Crippen LogP contribution in [0.4, 0.5) is 17.3 Å². The van der Waals surface area contributed by atoms with Crippen molar-refractivity contribution in [2.75, 3.05) is 43.1 Å². The molecule has 4 aromatic heterocycles. The van der Waals surface area contributed by atoms with Crippen LogP contribution in [-0.4, -0.2) is 79.0 Å². The number of carbonyl (C=O) groups excluding carboxylic acids is 2. The van der Waals surface area contributed by atoms with E-state index in [4.69, 9.17) is 4.74 Å². The van der Waals surface area contributed by atoms with E-state index in [0.717, 1.165) is 25.7 Å². The number of ether oxygens (including phenoxy) is 1. The topological polar surface area (TPSA) is 148 Å². The number of amides is 2. The van der Waals surface area contributed by atoms with E-state index in [0.29, 0.717) is 79.1 Å². The van der Waals surface area contributed by atoms with Crippen LogP contribution in [0.25, 0.3) is 11.3 Å². The lowest BCUT2D eigenvalue weighted by atomic mass is 9.98. The smallest absolute Gasteiger partial charge is 0.290 e. The molecule has 1 fully saturated rings. The Bertz CT molecular complexity index is 1840. The van der Waals surface area contributed by atoms with Gasteiger partial charge in [-0.05, 0) is 61.6 Å². The van der Waals surface area contributed by atoms with Crippen molar-refractivity contribution >= 4 is 29.1 Å². The molecule has 0 spiro atoms. The van der Waals surface area contributed by atoms with E-state index in [9.17, 15) is 19.5 Å². The Kier molecular flexibility index (Phi) is 7.63. The number of carbonyl (C=O) groups is 2. The summed E-state index contributed by atoms with van der Waals surface area (Å²) in [6.07, 6.45) is 7.30. The number of nitrogens with one attached hydrogen (secondary N) is 1. The average Bonchev–Trinajstić information content (AvgIpc) is 3.47. The number of rotatable bonds is 6. The number of anilines is 3. The second kappa shape index (κ2) is 11.9. The molecule has 232 valence electrons. The van der Waals surface area contributed by atoms with E-state index in [2.05, 4.69) is 25.0 Å². The first-order valence-electron chi connectivity index (χ1n) is 15.2. The number of hydrogen-bond donors (Lipinski definition) is 2. The normalized spacial score (nSPS) is 16.4. The summed E-state index contributed by atoms with van der Waals surface area (Å²) in [4.78, 5) is 51.9. The van der Waals surface area contributed by atoms with E-state index in [-0.39, 0.29) is 29.7 Å². The van der Waals surface area contributed by atoms with Gasteiger partial charge in [0.1, 0.15) is 23.0 Å². The Morgan fingerprint density at radius 1 is 1.02 bits per heavy atom. The quantitative estimate of drug-likeness (QED) is 0.336. The number of morpholine rings is 1. The van der Waals surface area contributed by atoms with Crippen molar-refractivity contribution in [3.8, 4) is 11.3 Å². The van der Waals surface area contributed by atoms with Crippen molar-refractivity contribution in [3.05, 3.63) is 81.2 Å². The molecular weight excluding hydrogens is 576 g/mol. The van der Waals surface area contributed by atoms with Crippen molar-refractivity contribution in [1.29, 1.82) is 0 Å². The van der Waals surface area contributed by atoms with Crippen LogP contribution in [0.15, 0.2) is 47.5 Å². The molecule has 45 heavy (non-hydrogen) atoms. The van der Waals surface area contributed by atoms with Crippen LogP contribution < -0.4 is 15.8 Å². The van der Waals surface area contributed by atoms with E-state index >= 15 is 0 Å². The van der Waals surface area contributed by atoms with Crippen LogP contribution >= 0.6 is 0 Å². The monoisotopic (exact) mass is 610 g/mol. The summed E-state index contributed by atoms with van der Waals surface area (Å²) in [5.41, 5.74) is 4.84. The van der Waals surface area contributed by atoms with Gasteiger partial charge in [0.15, 0.2) is 0 Å². The Hall–Kier alpha value is -4.88. The number of aliphatic hydroxyl groups is 1. The van der Waals surface area contributed by atoms with Gasteiger partial charge in [-0.2, -0.15) is 5.10 Å². The lowest BCUT2D eigenvalue weighted by molar-refractivity contribution is 0.0302. The van der Waals surface area contributed by atoms with Crippen LogP contribution in [0.1, 0.15) is 50.5 Å². The molecule has 6 heterocycles. The average molecular weight is 611 g/mol. The van der Waals surface area contributed by atoms with Gasteiger partial charge in [0.05, 0.1) is 31.1 Å². The highest BCUT2D eigenvalue weighted by Crippen LogP contribution is 2.34. The zero-order valence-corrected chi connectivity index (χ0v) is 25.0. The fourth-order valence-corrected chi connectivity index (χ4v) is 6.46. The summed E-state index contributed by atoms with van der Waals surface area (Å²) in [5.74, 6) is 0.486. The third-order valence-corrected chi connectivity index (χ3v) is 8.78. The SMILES string of the molecule is Cn1nc(-c2ccnc(N3CCn4c(cc5c4CCCC5)C3=O)c2CO)cc(Nc2ccc(C(=O)N3CCOCC3)cn2)c1=O. The molecular formula is C32H34N8O5. The molecule has 2 aliphatic heterocycles. The van der Waals surface area contributed by atoms with Crippen molar-refractivity contribution in [1.82, 2.24) is 29.2 Å². The number of hydrogen-bond acceptors (Lipinski definition) is 9. The molecule has 2 amide bonds. The number of pyridine rings is 2. The maximum atomic E-state index is 13.7. The van der Waals surface area contributed by atoms with Crippen molar-refractivity contribution in [2.24, 2.45) is 7.05 Å². The van der Waals surface area contributed by atoms with Crippen molar-refractivity contribution in [2.45, 2.75) is 38.8 Å². The molecule has 0 atom stereocenters. The molecule has 2 N–H and O–H groups in total. The Morgan fingerprint density at radius 2 is 1.84 bits per heavy atom. The van der Waals surface area contributed by atoms with Crippen LogP contribution in [0.5, 0.6) is 0 Å². The van der Waals surface area contributed by atoms with Crippen LogP contribution in [0, 0.1) is 0 Å². The highest BCUT2D eigenvalue weighted by Gasteiger charge is 2.32. The molecule has 0 bridgehead atoms. The predicted octanol–water partition coefficient (Wildman–Crippen LogP) is 2.29. The summed E-state index contributed by atoms with van der Waals surface area (Å²) in [6, 6.07) is 8.63. The fraction of sp³-hybridized carbons (Fsp3) is 0.375. The van der Waals surface area contributed by atoms with Gasteiger partial charge >= 0.3 is 0 Å². The van der Waals surface area contributed by atoms with Gasteiger partial charge in [-0.1, -0.05) is 0 Å². The summed E-state index contributed by atoms with van der Waals surface area (Å²) in [7, 11) is 1.54. The van der Waals surface area contributed by atoms with Gasteiger partial charge in [-0.3, -0.25) is 19.3 Å². The predicted molar refractivity (Wildman–Crippen MR) is 166 cm³/mol. The molecule has 4 aromatic rings. The molecule has 13 nitrogen and oxygen atoms in total. The van der Waals surface area contributed by atoms with Crippen LogP contribution in [-0.2, 0) is 37.8 Å². The number of aromatic nitrogens is 5. The van der Waals surface area contributed by atoms with E-state index in [1.165, 1.54) is 22.1 Å². The van der Waals surface area contributed by atoms with Gasteiger partial charge in [-0.25, -0.2) is 14.6 Å². The summed E-state index contributed by atoms with van der Waals surface area (Å²) in [6.45, 7) is 2.78. The molecule has 1 aliphatic carbocycles. The Labute approximate surface area is 259 Å². The third kappa shape index (κ3) is 5.27. The van der Waals surface area contributed by atoms with Gasteiger partial charge in [0, 0.05) is 62.4 Å². The number of nitrogens with zero attached hydrogens (tertiary/aromatic N) is 7. The lowest BCUT2D eigenvalue weighted by Gasteiger charge is -2.30. The first kappa shape index (κ1) is 28.9. The zero-order chi connectivity index (χ0) is 31.1. The fourth-order valence-electron chi connectivity index (χ4n) is 6.46. The zero-order valence-electron chi connectivity index (χ0n) is 25.0. The van der Waals surface area contributed by atoms with Gasteiger partial charge in [-0.15, -0.1) is 0 Å². The summed E-state index contributed by atoms with van der Waals surface area (Å²) < 4.78 is 8.67. The number of fused-ring (bicyclic) bond motifs is 3. The lowest BCUT2D eigenvalue weighted by Crippen LogP contribution is -2.41. The maximum Gasteiger partial charge on any atom is 0.290 e. The van der Waals surface area contributed by atoms with E-state index < -0.39 is 0 Å². The molecule has 13 heteroatoms. The molecule has 0 unspecified atom stereocenters. The third-order valence-electron chi connectivity index (χ3n) is 8.78. The standard InChI is InChI=1S/C32H34N8O5/c1-37-31(43)25(35-28-7-6-21(18-34-28)30(42)38-12-14-45-15-13-38)17-24(36-37)22-8-9-33-29(23(22)19-41)40-11-10-39-26-5-3-2-4-20(26)16-27(39)32(40)44/h6-9,16-18,41H,2-5,10-15,19H2,1H3,(H,34,35). The van der Waals surface area contributed by atoms with Gasteiger partial charge in [0.25, 0.3) is 17.4 Å². The molecule has 0 saturated carbocycles. The molecule has 0 aromatic carbocycles. The first-order valence-corrected chi connectivity index (χ1v) is 15.2. The van der Waals surface area contributed by atoms with Crippen molar-refractivity contribution in [3.63, 3.8) is 0 Å². The maximum absolute atomic E-state index is 13.7. The van der Waals surface area contributed by atoms with Gasteiger partial charge in [0.2, 0.25) is 0 Å². The molecule has 1 saturated heterocycles. The highest BCUT2D eigenvalue weighted by atomic mass is 16.5. The molecule has 7 rings (SSSR count). The summed E-state index contributed by atoms with van der Waals surface area (Å²) >= 11 is 0. The minimum Gasteiger partial charge on any atom is -0.392 e. The largest absolute Gasteiger partial charge is 0.392 e. The number of aryl methyl sites for hydroxylation is 2. The second-order valence-corrected chi connectivity index (χ2v) is 11.5. The van der Waals surface area contributed by atoms with Crippen LogP contribution in [0.3, 0.4) is 0 Å². The van der Waals surface area contributed by atoms with Crippen molar-refractivity contribution < 1.29 is 19.4 Å². The van der Waals surface area contributed by atoms with E-state index in [1.807, 2.05) is 6.07 Å². The Morgan fingerprint density at radius 3 is 2.62 bits per heavy atom. The van der Waals surface area contributed by atoms with E-state index in [1.54, 1.807) is 47.3 Å². The highest BCUT2D eigenvalue weighted by molar-refractivity contribution is 6.06. The minimum atomic E-state index is -0.384. The first-order chi connectivity index (χ1) is 21.9.